The summed E-state index contributed by atoms with van der Waals surface area (Å²) in [4.78, 5) is 18.2. The van der Waals surface area contributed by atoms with Crippen molar-refractivity contribution in [3.05, 3.63) is 5.82 Å². The average Bonchev–Trinajstić information content (AvgIpc) is 3.19. The molecule has 0 bridgehead atoms. The van der Waals surface area contributed by atoms with Crippen LogP contribution in [0.4, 0.5) is 11.9 Å². The first-order valence-electron chi connectivity index (χ1n) is 7.58. The summed E-state index contributed by atoms with van der Waals surface area (Å²) in [5.41, 5.74) is 0. The molecule has 1 aliphatic rings. The highest BCUT2D eigenvalue weighted by atomic mass is 15.3. The Balaban J connectivity index is 2.36. The van der Waals surface area contributed by atoms with E-state index in [9.17, 15) is 0 Å². The summed E-state index contributed by atoms with van der Waals surface area (Å²) in [7, 11) is 3.96. The summed E-state index contributed by atoms with van der Waals surface area (Å²) in [6.07, 6.45) is 2.51. The van der Waals surface area contributed by atoms with Crippen molar-refractivity contribution in [3.63, 3.8) is 0 Å². The minimum Gasteiger partial charge on any atom is -0.347 e. The first-order chi connectivity index (χ1) is 9.38. The molecule has 1 aliphatic carbocycles. The highest BCUT2D eigenvalue weighted by Gasteiger charge is 2.32. The molecule has 0 aromatic carbocycles. The third-order valence-corrected chi connectivity index (χ3v) is 3.35. The summed E-state index contributed by atoms with van der Waals surface area (Å²) in [6, 6.07) is 0.620. The lowest BCUT2D eigenvalue weighted by atomic mass is 10.2. The monoisotopic (exact) mass is 277 g/mol. The number of hydrogen-bond donors (Lipinski definition) is 0. The van der Waals surface area contributed by atoms with Gasteiger partial charge in [-0.05, 0) is 18.8 Å². The number of nitrogens with zero attached hydrogens (tertiary/aromatic N) is 5. The molecule has 0 unspecified atom stereocenters. The Morgan fingerprint density at radius 2 is 1.60 bits per heavy atom. The lowest BCUT2D eigenvalue weighted by Crippen LogP contribution is -2.32. The second kappa shape index (κ2) is 5.94. The van der Waals surface area contributed by atoms with Gasteiger partial charge < -0.3 is 9.80 Å². The van der Waals surface area contributed by atoms with Crippen LogP contribution < -0.4 is 9.80 Å². The molecule has 1 aromatic rings. The Morgan fingerprint density at radius 3 is 2.05 bits per heavy atom. The van der Waals surface area contributed by atoms with E-state index in [1.807, 2.05) is 19.0 Å². The molecule has 1 heterocycles. The lowest BCUT2D eigenvalue weighted by Gasteiger charge is -2.26. The summed E-state index contributed by atoms with van der Waals surface area (Å²) < 4.78 is 0. The van der Waals surface area contributed by atoms with Crippen molar-refractivity contribution >= 4 is 11.9 Å². The van der Waals surface area contributed by atoms with Gasteiger partial charge in [0.1, 0.15) is 5.82 Å². The molecule has 0 amide bonds. The average molecular weight is 277 g/mol. The molecule has 5 heteroatoms. The van der Waals surface area contributed by atoms with Crippen LogP contribution >= 0.6 is 0 Å². The molecule has 0 aliphatic heterocycles. The van der Waals surface area contributed by atoms with Gasteiger partial charge in [0.25, 0.3) is 0 Å². The molecule has 0 saturated heterocycles. The van der Waals surface area contributed by atoms with E-state index in [2.05, 4.69) is 42.6 Å². The van der Waals surface area contributed by atoms with Crippen LogP contribution in [0.15, 0.2) is 0 Å². The molecule has 2 rings (SSSR count). The Morgan fingerprint density at radius 1 is 1.00 bits per heavy atom. The second-order valence-corrected chi connectivity index (χ2v) is 6.62. The van der Waals surface area contributed by atoms with Crippen LogP contribution in [0, 0.1) is 5.92 Å². The van der Waals surface area contributed by atoms with Crippen molar-refractivity contribution < 1.29 is 0 Å². The van der Waals surface area contributed by atoms with E-state index >= 15 is 0 Å². The van der Waals surface area contributed by atoms with Gasteiger partial charge >= 0.3 is 0 Å². The number of anilines is 2. The van der Waals surface area contributed by atoms with Gasteiger partial charge in [0.15, 0.2) is 0 Å². The summed E-state index contributed by atoms with van der Waals surface area (Å²) in [5.74, 6) is 3.41. The third kappa shape index (κ3) is 3.58. The Labute approximate surface area is 122 Å². The first-order valence-corrected chi connectivity index (χ1v) is 7.58. The Bertz CT molecular complexity index is 425. The Kier molecular flexibility index (Phi) is 4.45. The topological polar surface area (TPSA) is 45.2 Å². The van der Waals surface area contributed by atoms with Crippen molar-refractivity contribution in [2.45, 2.75) is 52.5 Å². The third-order valence-electron chi connectivity index (χ3n) is 3.35. The number of hydrogen-bond acceptors (Lipinski definition) is 5. The smallest absolute Gasteiger partial charge is 0.230 e. The van der Waals surface area contributed by atoms with E-state index in [1.165, 1.54) is 12.8 Å². The van der Waals surface area contributed by atoms with Crippen molar-refractivity contribution in [2.75, 3.05) is 30.4 Å². The highest BCUT2D eigenvalue weighted by molar-refractivity contribution is 5.40. The zero-order valence-electron chi connectivity index (χ0n) is 13.6. The normalized spacial score (nSPS) is 15.0. The maximum atomic E-state index is 4.71. The van der Waals surface area contributed by atoms with Gasteiger partial charge in [-0.15, -0.1) is 0 Å². The zero-order valence-corrected chi connectivity index (χ0v) is 13.6. The van der Waals surface area contributed by atoms with Gasteiger partial charge in [-0.2, -0.15) is 15.0 Å². The van der Waals surface area contributed by atoms with Gasteiger partial charge in [-0.1, -0.05) is 27.7 Å². The van der Waals surface area contributed by atoms with E-state index in [0.29, 0.717) is 17.9 Å². The minimum atomic E-state index is 0.315. The molecule has 20 heavy (non-hydrogen) atoms. The molecule has 0 radical (unpaired) electrons. The predicted molar refractivity (Wildman–Crippen MR) is 83.4 cm³/mol. The largest absolute Gasteiger partial charge is 0.347 e. The van der Waals surface area contributed by atoms with Crippen LogP contribution in [0.1, 0.15) is 52.3 Å². The Hall–Kier alpha value is -1.39. The fourth-order valence-electron chi connectivity index (χ4n) is 2.13. The molecule has 0 atom stereocenters. The molecule has 1 aromatic heterocycles. The molecule has 1 fully saturated rings. The molecule has 5 nitrogen and oxygen atoms in total. The van der Waals surface area contributed by atoms with E-state index in [0.717, 1.165) is 24.3 Å². The number of rotatable bonds is 6. The van der Waals surface area contributed by atoms with Crippen LogP contribution in [0.25, 0.3) is 0 Å². The minimum absolute atomic E-state index is 0.315. The van der Waals surface area contributed by atoms with Gasteiger partial charge in [0.2, 0.25) is 11.9 Å². The highest BCUT2D eigenvalue weighted by Crippen LogP contribution is 2.31. The van der Waals surface area contributed by atoms with Gasteiger partial charge in [-0.25, -0.2) is 0 Å². The molecular formula is C15H27N5. The van der Waals surface area contributed by atoms with Crippen molar-refractivity contribution in [3.8, 4) is 0 Å². The van der Waals surface area contributed by atoms with Crippen LogP contribution in [0.5, 0.6) is 0 Å². The molecule has 0 spiro atoms. The van der Waals surface area contributed by atoms with E-state index < -0.39 is 0 Å². The van der Waals surface area contributed by atoms with E-state index in [4.69, 9.17) is 4.98 Å². The van der Waals surface area contributed by atoms with Gasteiger partial charge in [-0.3, -0.25) is 0 Å². The number of aromatic nitrogens is 3. The van der Waals surface area contributed by atoms with Crippen LogP contribution in [0.2, 0.25) is 0 Å². The standard InChI is InChI=1S/C15H27N5/c1-10(2)9-20(12-7-8-12)15-17-13(11(3)4)16-14(18-15)19(5)6/h10-12H,7-9H2,1-6H3. The molecule has 112 valence electrons. The lowest BCUT2D eigenvalue weighted by molar-refractivity contribution is 0.592. The summed E-state index contributed by atoms with van der Waals surface area (Å²) in [5, 5.41) is 0. The molecule has 1 saturated carbocycles. The SMILES string of the molecule is CC(C)CN(c1nc(C(C)C)nc(N(C)C)n1)C1CC1. The van der Waals surface area contributed by atoms with Crippen molar-refractivity contribution in [1.82, 2.24) is 15.0 Å². The van der Waals surface area contributed by atoms with E-state index in [-0.39, 0.29) is 0 Å². The summed E-state index contributed by atoms with van der Waals surface area (Å²) in [6.45, 7) is 9.75. The second-order valence-electron chi connectivity index (χ2n) is 6.62. The van der Waals surface area contributed by atoms with Crippen LogP contribution in [-0.2, 0) is 0 Å². The fourth-order valence-corrected chi connectivity index (χ4v) is 2.13. The quantitative estimate of drug-likeness (QED) is 0.800. The maximum Gasteiger partial charge on any atom is 0.230 e. The van der Waals surface area contributed by atoms with Crippen molar-refractivity contribution in [1.29, 1.82) is 0 Å². The molecule has 0 N–H and O–H groups in total. The van der Waals surface area contributed by atoms with Gasteiger partial charge in [0, 0.05) is 32.6 Å². The predicted octanol–water partition coefficient (Wildman–Crippen LogP) is 2.69. The van der Waals surface area contributed by atoms with E-state index in [1.54, 1.807) is 0 Å². The van der Waals surface area contributed by atoms with Crippen LogP contribution in [-0.4, -0.2) is 41.6 Å². The maximum absolute atomic E-state index is 4.71. The first kappa shape index (κ1) is 15.0. The van der Waals surface area contributed by atoms with Crippen molar-refractivity contribution in [2.24, 2.45) is 5.92 Å². The molecular weight excluding hydrogens is 250 g/mol. The van der Waals surface area contributed by atoms with Gasteiger partial charge in [0.05, 0.1) is 0 Å². The fraction of sp³-hybridized carbons (Fsp3) is 0.800. The zero-order chi connectivity index (χ0) is 14.9. The van der Waals surface area contributed by atoms with Crippen LogP contribution in [0.3, 0.4) is 0 Å². The summed E-state index contributed by atoms with van der Waals surface area (Å²) >= 11 is 0.